The molecule has 0 radical (unpaired) electrons. The van der Waals surface area contributed by atoms with E-state index in [1.54, 1.807) is 23.2 Å². The van der Waals surface area contributed by atoms with E-state index in [1.807, 2.05) is 25.1 Å². The van der Waals surface area contributed by atoms with Crippen molar-refractivity contribution in [3.05, 3.63) is 53.3 Å². The minimum Gasteiger partial charge on any atom is -0.490 e. The summed E-state index contributed by atoms with van der Waals surface area (Å²) in [7, 11) is 0. The van der Waals surface area contributed by atoms with Crippen LogP contribution in [0.5, 0.6) is 11.5 Å². The first-order chi connectivity index (χ1) is 14.6. The van der Waals surface area contributed by atoms with Crippen molar-refractivity contribution in [2.75, 3.05) is 6.61 Å². The highest BCUT2D eigenvalue weighted by atomic mass is 16.5. The van der Waals surface area contributed by atoms with Crippen molar-refractivity contribution in [3.63, 3.8) is 0 Å². The highest BCUT2D eigenvalue weighted by Gasteiger charge is 2.35. The SMILES string of the molecule is CCOc1cc(C(CC(N)=O)N2Cc3ncccc3C2=O)ccc1OC1CCCC1. The number of rotatable bonds is 8. The van der Waals surface area contributed by atoms with Crippen molar-refractivity contribution in [1.29, 1.82) is 0 Å². The number of carbonyl (C=O) groups is 2. The molecular formula is C23H27N3O4. The second-order valence-electron chi connectivity index (χ2n) is 7.78. The van der Waals surface area contributed by atoms with Gasteiger partial charge in [-0.3, -0.25) is 14.6 Å². The number of nitrogens with zero attached hydrogens (tertiary/aromatic N) is 2. The van der Waals surface area contributed by atoms with Gasteiger partial charge in [0.15, 0.2) is 11.5 Å². The summed E-state index contributed by atoms with van der Waals surface area (Å²) in [5, 5.41) is 0. The summed E-state index contributed by atoms with van der Waals surface area (Å²) in [5.41, 5.74) is 7.60. The second kappa shape index (κ2) is 8.73. The summed E-state index contributed by atoms with van der Waals surface area (Å²) in [6.45, 7) is 2.75. The van der Waals surface area contributed by atoms with Gasteiger partial charge in [-0.1, -0.05) is 6.07 Å². The Balaban J connectivity index is 1.64. The van der Waals surface area contributed by atoms with Gasteiger partial charge >= 0.3 is 0 Å². The van der Waals surface area contributed by atoms with E-state index in [-0.39, 0.29) is 18.4 Å². The molecule has 7 heteroatoms. The lowest BCUT2D eigenvalue weighted by Gasteiger charge is -2.28. The zero-order chi connectivity index (χ0) is 21.1. The van der Waals surface area contributed by atoms with Gasteiger partial charge < -0.3 is 20.1 Å². The largest absolute Gasteiger partial charge is 0.490 e. The van der Waals surface area contributed by atoms with Crippen LogP contribution in [0.4, 0.5) is 0 Å². The van der Waals surface area contributed by atoms with Crippen LogP contribution in [0.1, 0.15) is 66.7 Å². The van der Waals surface area contributed by atoms with Crippen molar-refractivity contribution in [1.82, 2.24) is 9.88 Å². The molecule has 0 bridgehead atoms. The summed E-state index contributed by atoms with van der Waals surface area (Å²) in [6, 6.07) is 8.64. The number of primary amides is 1. The molecule has 2 aliphatic rings. The number of amides is 2. The fourth-order valence-electron chi connectivity index (χ4n) is 4.28. The number of carbonyl (C=O) groups excluding carboxylic acids is 2. The van der Waals surface area contributed by atoms with Crippen LogP contribution in [-0.4, -0.2) is 34.4 Å². The third-order valence-electron chi connectivity index (χ3n) is 5.72. The van der Waals surface area contributed by atoms with Crippen LogP contribution in [0.3, 0.4) is 0 Å². The van der Waals surface area contributed by atoms with Crippen LogP contribution in [-0.2, 0) is 11.3 Å². The molecular weight excluding hydrogens is 382 g/mol. The van der Waals surface area contributed by atoms with Gasteiger partial charge in [0.05, 0.1) is 43.0 Å². The van der Waals surface area contributed by atoms with Gasteiger partial charge in [-0.2, -0.15) is 0 Å². The fourth-order valence-corrected chi connectivity index (χ4v) is 4.28. The van der Waals surface area contributed by atoms with E-state index < -0.39 is 11.9 Å². The van der Waals surface area contributed by atoms with E-state index in [4.69, 9.17) is 15.2 Å². The Bertz CT molecular complexity index is 940. The lowest BCUT2D eigenvalue weighted by atomic mass is 10.0. The number of pyridine rings is 1. The van der Waals surface area contributed by atoms with E-state index in [2.05, 4.69) is 4.98 Å². The lowest BCUT2D eigenvalue weighted by molar-refractivity contribution is -0.119. The molecule has 2 amide bonds. The highest BCUT2D eigenvalue weighted by Crippen LogP contribution is 2.38. The van der Waals surface area contributed by atoms with Crippen LogP contribution in [0.2, 0.25) is 0 Å². The van der Waals surface area contributed by atoms with Crippen molar-refractivity contribution < 1.29 is 19.1 Å². The average molecular weight is 409 g/mol. The molecule has 30 heavy (non-hydrogen) atoms. The molecule has 1 unspecified atom stereocenters. The molecule has 1 fully saturated rings. The number of hydrogen-bond donors (Lipinski definition) is 1. The molecule has 1 aromatic carbocycles. The quantitative estimate of drug-likeness (QED) is 0.721. The van der Waals surface area contributed by atoms with Crippen molar-refractivity contribution >= 4 is 11.8 Å². The third kappa shape index (κ3) is 4.10. The minimum atomic E-state index is -0.496. The number of benzene rings is 1. The van der Waals surface area contributed by atoms with Crippen LogP contribution >= 0.6 is 0 Å². The zero-order valence-electron chi connectivity index (χ0n) is 17.2. The second-order valence-corrected chi connectivity index (χ2v) is 7.78. The highest BCUT2D eigenvalue weighted by molar-refractivity contribution is 5.98. The molecule has 4 rings (SSSR count). The predicted octanol–water partition coefficient (Wildman–Crippen LogP) is 3.37. The Morgan fingerprint density at radius 1 is 1.27 bits per heavy atom. The molecule has 2 N–H and O–H groups in total. The van der Waals surface area contributed by atoms with Gasteiger partial charge in [0.1, 0.15) is 0 Å². The molecule has 1 atom stereocenters. The number of ether oxygens (including phenoxy) is 2. The zero-order valence-corrected chi connectivity index (χ0v) is 17.2. The number of aromatic nitrogens is 1. The predicted molar refractivity (Wildman–Crippen MR) is 111 cm³/mol. The summed E-state index contributed by atoms with van der Waals surface area (Å²) >= 11 is 0. The van der Waals surface area contributed by atoms with Crippen LogP contribution in [0.15, 0.2) is 36.5 Å². The van der Waals surface area contributed by atoms with E-state index in [1.165, 1.54) is 12.8 Å². The Morgan fingerprint density at radius 3 is 2.77 bits per heavy atom. The number of fused-ring (bicyclic) bond motifs is 1. The fraction of sp³-hybridized carbons (Fsp3) is 0.435. The Hall–Kier alpha value is -3.09. The standard InChI is InChI=1S/C23H27N3O4/c1-2-29-21-12-15(9-10-20(21)30-16-6-3-4-7-16)19(13-22(24)27)26-14-18-17(23(26)28)8-5-11-25-18/h5,8-12,16,19H,2-4,6-7,13-14H2,1H3,(H2,24,27). The smallest absolute Gasteiger partial charge is 0.256 e. The van der Waals surface area contributed by atoms with Gasteiger partial charge in [-0.05, 0) is 62.4 Å². The summed E-state index contributed by atoms with van der Waals surface area (Å²) in [5.74, 6) is 0.705. The normalized spacial score (nSPS) is 17.1. The van der Waals surface area contributed by atoms with E-state index >= 15 is 0 Å². The molecule has 158 valence electrons. The molecule has 0 spiro atoms. The maximum Gasteiger partial charge on any atom is 0.256 e. The molecule has 7 nitrogen and oxygen atoms in total. The van der Waals surface area contributed by atoms with Crippen LogP contribution < -0.4 is 15.2 Å². The van der Waals surface area contributed by atoms with Gasteiger partial charge in [0.25, 0.3) is 5.91 Å². The minimum absolute atomic E-state index is 0.0219. The Labute approximate surface area is 176 Å². The summed E-state index contributed by atoms with van der Waals surface area (Å²) in [4.78, 5) is 30.8. The maximum absolute atomic E-state index is 13.0. The third-order valence-corrected chi connectivity index (χ3v) is 5.72. The first-order valence-corrected chi connectivity index (χ1v) is 10.5. The van der Waals surface area contributed by atoms with E-state index in [0.29, 0.717) is 35.9 Å². The molecule has 0 saturated heterocycles. The van der Waals surface area contributed by atoms with Crippen LogP contribution in [0, 0.1) is 0 Å². The average Bonchev–Trinajstić information content (AvgIpc) is 3.36. The van der Waals surface area contributed by atoms with Gasteiger partial charge in [-0.15, -0.1) is 0 Å². The van der Waals surface area contributed by atoms with Crippen molar-refractivity contribution in [2.24, 2.45) is 5.73 Å². The topological polar surface area (TPSA) is 94.8 Å². The van der Waals surface area contributed by atoms with E-state index in [0.717, 1.165) is 18.4 Å². The first kappa shape index (κ1) is 20.2. The maximum atomic E-state index is 13.0. The molecule has 1 aromatic heterocycles. The van der Waals surface area contributed by atoms with Crippen molar-refractivity contribution in [3.8, 4) is 11.5 Å². The van der Waals surface area contributed by atoms with Crippen molar-refractivity contribution in [2.45, 2.75) is 57.7 Å². The number of hydrogen-bond acceptors (Lipinski definition) is 5. The molecule has 1 saturated carbocycles. The monoisotopic (exact) mass is 409 g/mol. The van der Waals surface area contributed by atoms with Gasteiger partial charge in [-0.25, -0.2) is 0 Å². The number of nitrogens with two attached hydrogens (primary N) is 1. The van der Waals surface area contributed by atoms with Gasteiger partial charge in [0, 0.05) is 6.20 Å². The lowest BCUT2D eigenvalue weighted by Crippen LogP contribution is -2.32. The Morgan fingerprint density at radius 2 is 2.07 bits per heavy atom. The molecule has 1 aliphatic heterocycles. The summed E-state index contributed by atoms with van der Waals surface area (Å²) in [6.07, 6.45) is 6.35. The van der Waals surface area contributed by atoms with Crippen LogP contribution in [0.25, 0.3) is 0 Å². The first-order valence-electron chi connectivity index (χ1n) is 10.5. The van der Waals surface area contributed by atoms with Gasteiger partial charge in [0.2, 0.25) is 5.91 Å². The molecule has 2 aromatic rings. The molecule has 2 heterocycles. The van der Waals surface area contributed by atoms with E-state index in [9.17, 15) is 9.59 Å². The summed E-state index contributed by atoms with van der Waals surface area (Å²) < 4.78 is 12.0. The molecule has 1 aliphatic carbocycles. The Kier molecular flexibility index (Phi) is 5.88.